The van der Waals surface area contributed by atoms with E-state index in [4.69, 9.17) is 4.74 Å². The number of hydrogen-bond donors (Lipinski definition) is 1. The number of carbonyl (C=O) groups is 2. The lowest BCUT2D eigenvalue weighted by atomic mass is 9.69. The van der Waals surface area contributed by atoms with Crippen molar-refractivity contribution in [2.75, 3.05) is 18.6 Å². The van der Waals surface area contributed by atoms with Gasteiger partial charge in [0.1, 0.15) is 5.75 Å². The fraction of sp³-hybridized carbons (Fsp3) is 0.652. The number of benzene rings is 1. The lowest BCUT2D eigenvalue weighted by Crippen LogP contribution is -2.43. The summed E-state index contributed by atoms with van der Waals surface area (Å²) in [4.78, 5) is 26.9. The van der Waals surface area contributed by atoms with Crippen LogP contribution in [0.2, 0.25) is 0 Å². The van der Waals surface area contributed by atoms with Crippen LogP contribution in [0.1, 0.15) is 59.3 Å². The van der Waals surface area contributed by atoms with E-state index in [9.17, 15) is 9.59 Å². The number of rotatable bonds is 6. The molecule has 1 aromatic carbocycles. The standard InChI is InChI=1S/C23H34N2O3/c1-5-23(2,3)17-6-8-18(9-7-17)24-22(27)16-14-21(26)25(15-16)19-10-12-20(28-4)13-11-19/h10-13,16-18H,5-9,14-15H2,1-4H3,(H,24,27)/t16-,17?,18?/m1/s1. The van der Waals surface area contributed by atoms with Crippen LogP contribution in [-0.2, 0) is 9.59 Å². The van der Waals surface area contributed by atoms with Gasteiger partial charge in [0.05, 0.1) is 13.0 Å². The molecule has 1 aliphatic heterocycles. The third kappa shape index (κ3) is 4.50. The molecule has 3 rings (SSSR count). The van der Waals surface area contributed by atoms with Crippen molar-refractivity contribution in [3.05, 3.63) is 24.3 Å². The second-order valence-electron chi connectivity index (χ2n) is 9.00. The lowest BCUT2D eigenvalue weighted by molar-refractivity contribution is -0.127. The minimum atomic E-state index is -0.264. The van der Waals surface area contributed by atoms with E-state index < -0.39 is 0 Å². The van der Waals surface area contributed by atoms with E-state index in [2.05, 4.69) is 26.1 Å². The summed E-state index contributed by atoms with van der Waals surface area (Å²) in [6.45, 7) is 7.43. The molecular formula is C23H34N2O3. The van der Waals surface area contributed by atoms with Crippen LogP contribution in [-0.4, -0.2) is 31.5 Å². The summed E-state index contributed by atoms with van der Waals surface area (Å²) in [6, 6.07) is 7.67. The van der Waals surface area contributed by atoms with Gasteiger partial charge in [0.25, 0.3) is 0 Å². The number of anilines is 1. The van der Waals surface area contributed by atoms with E-state index in [0.717, 1.165) is 30.2 Å². The zero-order valence-electron chi connectivity index (χ0n) is 17.7. The van der Waals surface area contributed by atoms with Crippen LogP contribution in [0.4, 0.5) is 5.69 Å². The van der Waals surface area contributed by atoms with Crippen molar-refractivity contribution in [3.8, 4) is 5.75 Å². The third-order valence-corrected chi connectivity index (χ3v) is 6.97. The first-order valence-corrected chi connectivity index (χ1v) is 10.6. The number of amides is 2. The summed E-state index contributed by atoms with van der Waals surface area (Å²) in [5.41, 5.74) is 1.20. The Morgan fingerprint density at radius 3 is 2.39 bits per heavy atom. The Kier molecular flexibility index (Phi) is 6.31. The highest BCUT2D eigenvalue weighted by Crippen LogP contribution is 2.40. The summed E-state index contributed by atoms with van der Waals surface area (Å²) in [5, 5.41) is 3.22. The lowest BCUT2D eigenvalue weighted by Gasteiger charge is -2.39. The molecule has 1 heterocycles. The maximum atomic E-state index is 12.8. The van der Waals surface area contributed by atoms with Gasteiger partial charge in [-0.05, 0) is 61.3 Å². The second-order valence-corrected chi connectivity index (χ2v) is 9.00. The number of methoxy groups -OCH3 is 1. The van der Waals surface area contributed by atoms with Gasteiger partial charge in [0, 0.05) is 24.7 Å². The molecule has 0 radical (unpaired) electrons. The quantitative estimate of drug-likeness (QED) is 0.799. The monoisotopic (exact) mass is 386 g/mol. The average molecular weight is 387 g/mol. The van der Waals surface area contributed by atoms with Gasteiger partial charge in [0.15, 0.2) is 0 Å². The van der Waals surface area contributed by atoms with Crippen LogP contribution in [0.25, 0.3) is 0 Å². The van der Waals surface area contributed by atoms with Crippen LogP contribution in [0, 0.1) is 17.3 Å². The summed E-state index contributed by atoms with van der Waals surface area (Å²) < 4.78 is 5.17. The molecule has 1 atom stereocenters. The average Bonchev–Trinajstić information content (AvgIpc) is 3.10. The fourth-order valence-corrected chi connectivity index (χ4v) is 4.52. The number of nitrogens with zero attached hydrogens (tertiary/aromatic N) is 1. The normalized spacial score (nSPS) is 25.6. The number of carbonyl (C=O) groups excluding carboxylic acids is 2. The first kappa shape index (κ1) is 20.7. The van der Waals surface area contributed by atoms with Gasteiger partial charge in [0.2, 0.25) is 11.8 Å². The molecule has 28 heavy (non-hydrogen) atoms. The SMILES string of the molecule is CCC(C)(C)C1CCC(NC(=O)[C@@H]2CC(=O)N(c3ccc(OC)cc3)C2)CC1. The van der Waals surface area contributed by atoms with E-state index in [0.29, 0.717) is 12.0 Å². The van der Waals surface area contributed by atoms with Crippen molar-refractivity contribution in [1.82, 2.24) is 5.32 Å². The van der Waals surface area contributed by atoms with Crippen molar-refractivity contribution in [1.29, 1.82) is 0 Å². The zero-order valence-corrected chi connectivity index (χ0v) is 17.7. The molecule has 0 aromatic heterocycles. The Bertz CT molecular complexity index is 690. The van der Waals surface area contributed by atoms with Gasteiger partial charge in [-0.15, -0.1) is 0 Å². The molecule has 5 nitrogen and oxygen atoms in total. The molecule has 5 heteroatoms. The molecule has 2 aliphatic rings. The molecule has 1 saturated heterocycles. The van der Waals surface area contributed by atoms with Crippen LogP contribution in [0.3, 0.4) is 0 Å². The highest BCUT2D eigenvalue weighted by atomic mass is 16.5. The molecule has 0 spiro atoms. The minimum absolute atomic E-state index is 0.0127. The van der Waals surface area contributed by atoms with Gasteiger partial charge in [-0.1, -0.05) is 27.2 Å². The van der Waals surface area contributed by atoms with Crippen molar-refractivity contribution in [2.24, 2.45) is 17.3 Å². The van der Waals surface area contributed by atoms with Crippen molar-refractivity contribution < 1.29 is 14.3 Å². The van der Waals surface area contributed by atoms with Gasteiger partial charge < -0.3 is 15.0 Å². The summed E-state index contributed by atoms with van der Waals surface area (Å²) in [5.74, 6) is 1.27. The predicted octanol–water partition coefficient (Wildman–Crippen LogP) is 4.16. The van der Waals surface area contributed by atoms with Crippen molar-refractivity contribution >= 4 is 17.5 Å². The zero-order chi connectivity index (χ0) is 20.3. The van der Waals surface area contributed by atoms with E-state index in [1.54, 1.807) is 12.0 Å². The molecule has 1 aromatic rings. The Balaban J connectivity index is 1.52. The molecular weight excluding hydrogens is 352 g/mol. The van der Waals surface area contributed by atoms with Crippen LogP contribution >= 0.6 is 0 Å². The smallest absolute Gasteiger partial charge is 0.227 e. The Morgan fingerprint density at radius 2 is 1.82 bits per heavy atom. The molecule has 1 saturated carbocycles. The van der Waals surface area contributed by atoms with Crippen LogP contribution in [0.15, 0.2) is 24.3 Å². The largest absolute Gasteiger partial charge is 0.497 e. The van der Waals surface area contributed by atoms with E-state index in [-0.39, 0.29) is 30.2 Å². The summed E-state index contributed by atoms with van der Waals surface area (Å²) >= 11 is 0. The number of ether oxygens (including phenoxy) is 1. The highest BCUT2D eigenvalue weighted by molar-refractivity contribution is 6.00. The van der Waals surface area contributed by atoms with E-state index >= 15 is 0 Å². The maximum Gasteiger partial charge on any atom is 0.227 e. The molecule has 2 fully saturated rings. The Labute approximate surface area is 168 Å². The minimum Gasteiger partial charge on any atom is -0.497 e. The molecule has 0 unspecified atom stereocenters. The summed E-state index contributed by atoms with van der Waals surface area (Å²) in [6.07, 6.45) is 5.92. The van der Waals surface area contributed by atoms with Crippen LogP contribution < -0.4 is 15.0 Å². The van der Waals surface area contributed by atoms with Gasteiger partial charge in [-0.2, -0.15) is 0 Å². The molecule has 2 amide bonds. The van der Waals surface area contributed by atoms with Crippen molar-refractivity contribution in [3.63, 3.8) is 0 Å². The summed E-state index contributed by atoms with van der Waals surface area (Å²) in [7, 11) is 1.62. The number of nitrogens with one attached hydrogen (secondary N) is 1. The maximum absolute atomic E-state index is 12.8. The third-order valence-electron chi connectivity index (χ3n) is 6.97. The van der Waals surface area contributed by atoms with Gasteiger partial charge >= 0.3 is 0 Å². The fourth-order valence-electron chi connectivity index (χ4n) is 4.52. The second kappa shape index (κ2) is 8.54. The first-order valence-electron chi connectivity index (χ1n) is 10.6. The first-order chi connectivity index (χ1) is 13.3. The number of hydrogen-bond acceptors (Lipinski definition) is 3. The molecule has 1 aliphatic carbocycles. The van der Waals surface area contributed by atoms with E-state index in [1.165, 1.54) is 19.3 Å². The highest BCUT2D eigenvalue weighted by Gasteiger charge is 2.37. The van der Waals surface area contributed by atoms with Gasteiger partial charge in [-0.25, -0.2) is 0 Å². The molecule has 0 bridgehead atoms. The Hall–Kier alpha value is -2.04. The van der Waals surface area contributed by atoms with Crippen LogP contribution in [0.5, 0.6) is 5.75 Å². The Morgan fingerprint density at radius 1 is 1.18 bits per heavy atom. The predicted molar refractivity (Wildman–Crippen MR) is 111 cm³/mol. The molecule has 154 valence electrons. The van der Waals surface area contributed by atoms with E-state index in [1.807, 2.05) is 24.3 Å². The van der Waals surface area contributed by atoms with Gasteiger partial charge in [-0.3, -0.25) is 9.59 Å². The van der Waals surface area contributed by atoms with Crippen molar-refractivity contribution in [2.45, 2.75) is 65.3 Å². The molecule has 1 N–H and O–H groups in total. The topological polar surface area (TPSA) is 58.6 Å².